The van der Waals surface area contributed by atoms with Crippen molar-refractivity contribution in [1.29, 1.82) is 0 Å². The first-order valence-corrected chi connectivity index (χ1v) is 6.49. The van der Waals surface area contributed by atoms with Crippen molar-refractivity contribution in [2.75, 3.05) is 0 Å². The van der Waals surface area contributed by atoms with Crippen LogP contribution in [0.3, 0.4) is 0 Å². The molecule has 0 N–H and O–H groups in total. The SMILES string of the molecule is CC1CCC(OC(=O)c2ccc(Cl)cc2)CC1. The molecule has 2 nitrogen and oxygen atoms in total. The van der Waals surface area contributed by atoms with Crippen molar-refractivity contribution in [2.24, 2.45) is 5.92 Å². The van der Waals surface area contributed by atoms with E-state index in [1.807, 2.05) is 0 Å². The van der Waals surface area contributed by atoms with Gasteiger partial charge in [0.2, 0.25) is 0 Å². The molecule has 1 aromatic rings. The summed E-state index contributed by atoms with van der Waals surface area (Å²) >= 11 is 5.77. The molecular weight excluding hydrogens is 236 g/mol. The van der Waals surface area contributed by atoms with Crippen molar-refractivity contribution in [3.8, 4) is 0 Å². The number of esters is 1. The largest absolute Gasteiger partial charge is 0.459 e. The predicted molar refractivity (Wildman–Crippen MR) is 68.3 cm³/mol. The number of benzene rings is 1. The van der Waals surface area contributed by atoms with Gasteiger partial charge in [0.15, 0.2) is 0 Å². The Balaban J connectivity index is 1.91. The lowest BCUT2D eigenvalue weighted by molar-refractivity contribution is 0.0174. The first kappa shape index (κ1) is 12.4. The Morgan fingerprint density at radius 2 is 1.76 bits per heavy atom. The minimum Gasteiger partial charge on any atom is -0.459 e. The molecule has 0 radical (unpaired) electrons. The Bertz CT molecular complexity index is 378. The second-order valence-electron chi connectivity index (χ2n) is 4.79. The van der Waals surface area contributed by atoms with Crippen molar-refractivity contribution < 1.29 is 9.53 Å². The van der Waals surface area contributed by atoms with Gasteiger partial charge in [-0.2, -0.15) is 0 Å². The van der Waals surface area contributed by atoms with Gasteiger partial charge in [0.1, 0.15) is 6.10 Å². The third-order valence-electron chi connectivity index (χ3n) is 3.32. The monoisotopic (exact) mass is 252 g/mol. The van der Waals surface area contributed by atoms with Crippen molar-refractivity contribution in [3.05, 3.63) is 34.9 Å². The summed E-state index contributed by atoms with van der Waals surface area (Å²) in [5, 5.41) is 0.632. The fourth-order valence-corrected chi connectivity index (χ4v) is 2.28. The van der Waals surface area contributed by atoms with Crippen LogP contribution in [0, 0.1) is 5.92 Å². The van der Waals surface area contributed by atoms with E-state index in [0.29, 0.717) is 10.6 Å². The van der Waals surface area contributed by atoms with Gasteiger partial charge < -0.3 is 4.74 Å². The molecule has 17 heavy (non-hydrogen) atoms. The summed E-state index contributed by atoms with van der Waals surface area (Å²) in [5.74, 6) is 0.529. The molecule has 0 atom stereocenters. The molecule has 92 valence electrons. The van der Waals surface area contributed by atoms with E-state index in [4.69, 9.17) is 16.3 Å². The van der Waals surface area contributed by atoms with E-state index < -0.39 is 0 Å². The smallest absolute Gasteiger partial charge is 0.338 e. The average molecular weight is 253 g/mol. The minimum absolute atomic E-state index is 0.0920. The fraction of sp³-hybridized carbons (Fsp3) is 0.500. The van der Waals surface area contributed by atoms with Gasteiger partial charge in [0, 0.05) is 5.02 Å². The molecule has 1 aromatic carbocycles. The highest BCUT2D eigenvalue weighted by Gasteiger charge is 2.21. The zero-order valence-corrected chi connectivity index (χ0v) is 10.7. The summed E-state index contributed by atoms with van der Waals surface area (Å²) in [6.45, 7) is 2.25. The Hall–Kier alpha value is -1.02. The van der Waals surface area contributed by atoms with Crippen LogP contribution in [0.5, 0.6) is 0 Å². The number of hydrogen-bond acceptors (Lipinski definition) is 2. The van der Waals surface area contributed by atoms with Crippen LogP contribution >= 0.6 is 11.6 Å². The maximum atomic E-state index is 11.8. The molecule has 0 unspecified atom stereocenters. The van der Waals surface area contributed by atoms with E-state index in [0.717, 1.165) is 31.6 Å². The van der Waals surface area contributed by atoms with Crippen molar-refractivity contribution in [3.63, 3.8) is 0 Å². The molecule has 0 aliphatic heterocycles. The quantitative estimate of drug-likeness (QED) is 0.742. The van der Waals surface area contributed by atoms with Crippen LogP contribution in [0.25, 0.3) is 0 Å². The van der Waals surface area contributed by atoms with Crippen LogP contribution in [0.4, 0.5) is 0 Å². The molecule has 1 aliphatic rings. The number of halogens is 1. The van der Waals surface area contributed by atoms with E-state index in [9.17, 15) is 4.79 Å². The van der Waals surface area contributed by atoms with E-state index in [-0.39, 0.29) is 12.1 Å². The van der Waals surface area contributed by atoms with Gasteiger partial charge >= 0.3 is 5.97 Å². The first-order chi connectivity index (χ1) is 8.15. The van der Waals surface area contributed by atoms with E-state index in [1.165, 1.54) is 0 Å². The van der Waals surface area contributed by atoms with E-state index >= 15 is 0 Å². The molecule has 0 amide bonds. The van der Waals surface area contributed by atoms with Crippen LogP contribution < -0.4 is 0 Å². The van der Waals surface area contributed by atoms with Crippen LogP contribution in [0.15, 0.2) is 24.3 Å². The van der Waals surface area contributed by atoms with Crippen LogP contribution in [0.1, 0.15) is 43.0 Å². The summed E-state index contributed by atoms with van der Waals surface area (Å²) in [6, 6.07) is 6.83. The zero-order valence-electron chi connectivity index (χ0n) is 9.99. The number of carbonyl (C=O) groups is 1. The second kappa shape index (κ2) is 5.54. The lowest BCUT2D eigenvalue weighted by Crippen LogP contribution is -2.23. The summed E-state index contributed by atoms with van der Waals surface area (Å²) in [4.78, 5) is 11.8. The fourth-order valence-electron chi connectivity index (χ4n) is 2.15. The van der Waals surface area contributed by atoms with Gasteiger partial charge in [-0.05, 0) is 55.9 Å². The summed E-state index contributed by atoms with van der Waals surface area (Å²) in [5.41, 5.74) is 0.577. The van der Waals surface area contributed by atoms with Gasteiger partial charge in [-0.3, -0.25) is 0 Å². The highest BCUT2D eigenvalue weighted by molar-refractivity contribution is 6.30. The zero-order chi connectivity index (χ0) is 12.3. The number of hydrogen-bond donors (Lipinski definition) is 0. The maximum Gasteiger partial charge on any atom is 0.338 e. The number of ether oxygens (including phenoxy) is 1. The molecule has 1 fully saturated rings. The predicted octanol–water partition coefficient (Wildman–Crippen LogP) is 4.08. The topological polar surface area (TPSA) is 26.3 Å². The summed E-state index contributed by atoms with van der Waals surface area (Å²) < 4.78 is 5.48. The average Bonchev–Trinajstić information content (AvgIpc) is 2.33. The molecule has 1 aliphatic carbocycles. The van der Waals surface area contributed by atoms with Gasteiger partial charge in [0.05, 0.1) is 5.56 Å². The van der Waals surface area contributed by atoms with E-state index in [1.54, 1.807) is 24.3 Å². The Morgan fingerprint density at radius 3 is 2.35 bits per heavy atom. The highest BCUT2D eigenvalue weighted by Crippen LogP contribution is 2.26. The second-order valence-corrected chi connectivity index (χ2v) is 5.23. The molecule has 2 rings (SSSR count). The summed E-state index contributed by atoms with van der Waals surface area (Å²) in [6.07, 6.45) is 4.37. The Labute approximate surface area is 107 Å². The molecule has 0 heterocycles. The van der Waals surface area contributed by atoms with Crippen molar-refractivity contribution in [1.82, 2.24) is 0 Å². The lowest BCUT2D eigenvalue weighted by atomic mass is 9.89. The van der Waals surface area contributed by atoms with Crippen LogP contribution in [-0.2, 0) is 4.74 Å². The van der Waals surface area contributed by atoms with Gasteiger partial charge in [0.25, 0.3) is 0 Å². The maximum absolute atomic E-state index is 11.8. The van der Waals surface area contributed by atoms with Gasteiger partial charge in [-0.25, -0.2) is 4.79 Å². The minimum atomic E-state index is -0.235. The molecular formula is C14H17ClO2. The number of carbonyl (C=O) groups excluding carboxylic acids is 1. The Kier molecular flexibility index (Phi) is 4.06. The molecule has 0 aromatic heterocycles. The first-order valence-electron chi connectivity index (χ1n) is 6.11. The highest BCUT2D eigenvalue weighted by atomic mass is 35.5. The normalized spacial score (nSPS) is 24.4. The third kappa shape index (κ3) is 3.47. The van der Waals surface area contributed by atoms with Crippen LogP contribution in [0.2, 0.25) is 5.02 Å². The third-order valence-corrected chi connectivity index (χ3v) is 3.57. The molecule has 0 spiro atoms. The molecule has 1 saturated carbocycles. The molecule has 0 saturated heterocycles. The number of rotatable bonds is 2. The molecule has 3 heteroatoms. The van der Waals surface area contributed by atoms with Crippen molar-refractivity contribution >= 4 is 17.6 Å². The molecule has 0 bridgehead atoms. The van der Waals surface area contributed by atoms with Crippen molar-refractivity contribution in [2.45, 2.75) is 38.7 Å². The summed E-state index contributed by atoms with van der Waals surface area (Å²) in [7, 11) is 0. The van der Waals surface area contributed by atoms with E-state index in [2.05, 4.69) is 6.92 Å². The van der Waals surface area contributed by atoms with Gasteiger partial charge in [-0.1, -0.05) is 18.5 Å². The Morgan fingerprint density at radius 1 is 1.18 bits per heavy atom. The van der Waals surface area contributed by atoms with Crippen LogP contribution in [-0.4, -0.2) is 12.1 Å². The lowest BCUT2D eigenvalue weighted by Gasteiger charge is -2.25. The standard InChI is InChI=1S/C14H17ClO2/c1-10-2-8-13(9-3-10)17-14(16)11-4-6-12(15)7-5-11/h4-7,10,13H,2-3,8-9H2,1H3. The van der Waals surface area contributed by atoms with Gasteiger partial charge in [-0.15, -0.1) is 0 Å².